The number of allylic oxidation sites excluding steroid dienone is 3. The highest BCUT2D eigenvalue weighted by molar-refractivity contribution is 5.60. The third-order valence-corrected chi connectivity index (χ3v) is 6.92. The maximum Gasteiger partial charge on any atom is 0.119 e. The highest BCUT2D eigenvalue weighted by Gasteiger charge is 2.23. The van der Waals surface area contributed by atoms with Crippen LogP contribution in [0.4, 0.5) is 0 Å². The smallest absolute Gasteiger partial charge is 0.119 e. The lowest BCUT2D eigenvalue weighted by Gasteiger charge is -2.22. The summed E-state index contributed by atoms with van der Waals surface area (Å²) in [6.45, 7) is 13.3. The molecule has 2 unspecified atom stereocenters. The predicted molar refractivity (Wildman–Crippen MR) is 172 cm³/mol. The Morgan fingerprint density at radius 3 is 1.58 bits per heavy atom. The molecule has 6 nitrogen and oxygen atoms in total. The molecule has 3 aromatic carbocycles. The van der Waals surface area contributed by atoms with Gasteiger partial charge in [-0.05, 0) is 74.2 Å². The van der Waals surface area contributed by atoms with Crippen molar-refractivity contribution in [3.05, 3.63) is 113 Å². The number of hydrogen-bond donors (Lipinski definition) is 0. The van der Waals surface area contributed by atoms with Gasteiger partial charge in [-0.1, -0.05) is 72.3 Å². The van der Waals surface area contributed by atoms with Crippen LogP contribution in [0.5, 0.6) is 11.5 Å². The summed E-state index contributed by atoms with van der Waals surface area (Å²) in [6, 6.07) is 25.4. The Kier molecular flexibility index (Phi) is 13.3. The molecule has 2 aliphatic rings. The van der Waals surface area contributed by atoms with Crippen LogP contribution in [0.3, 0.4) is 0 Å². The van der Waals surface area contributed by atoms with Crippen molar-refractivity contribution in [2.24, 2.45) is 0 Å². The Balaban J connectivity index is 0.000000996. The largest absolute Gasteiger partial charge is 0.491 e. The summed E-state index contributed by atoms with van der Waals surface area (Å²) < 4.78 is 33.3. The summed E-state index contributed by atoms with van der Waals surface area (Å²) in [4.78, 5) is 0. The van der Waals surface area contributed by atoms with Gasteiger partial charge in [-0.25, -0.2) is 0 Å². The molecule has 6 heteroatoms. The first-order valence-corrected chi connectivity index (χ1v) is 15.2. The van der Waals surface area contributed by atoms with E-state index < -0.39 is 0 Å². The van der Waals surface area contributed by atoms with Crippen molar-refractivity contribution in [1.29, 1.82) is 0 Å². The van der Waals surface area contributed by atoms with Gasteiger partial charge in [0.05, 0.1) is 39.6 Å². The normalized spacial score (nSPS) is 17.5. The van der Waals surface area contributed by atoms with Crippen LogP contribution in [0.15, 0.2) is 90.5 Å². The lowest BCUT2D eigenvalue weighted by molar-refractivity contribution is 0.0878. The van der Waals surface area contributed by atoms with E-state index in [2.05, 4.69) is 68.5 Å². The van der Waals surface area contributed by atoms with Crippen LogP contribution in [0.1, 0.15) is 55.9 Å². The van der Waals surface area contributed by atoms with Crippen molar-refractivity contribution in [3.63, 3.8) is 0 Å². The minimum atomic E-state index is 0.0589. The highest BCUT2D eigenvalue weighted by atomic mass is 16.6. The zero-order chi connectivity index (χ0) is 30.3. The standard InChI is InChI=1S/C33H38O6.C4H8/c1-24(2)19-27-5-3-4-6-32(27)33(25-7-11-28(12-8-25)36-17-15-34-20-30-22-38-30)26-9-13-29(14-10-26)37-18-16-35-21-31-23-39-31;1-3-4-2/h3-14,19,30-31,33H,15-18,20-23H2,1-2H3;3-4H,1-2H3/b;4-3-. The zero-order valence-corrected chi connectivity index (χ0v) is 26.0. The van der Waals surface area contributed by atoms with Crippen LogP contribution >= 0.6 is 0 Å². The number of ether oxygens (including phenoxy) is 6. The van der Waals surface area contributed by atoms with Gasteiger partial charge in [0.1, 0.15) is 36.9 Å². The Morgan fingerprint density at radius 2 is 1.16 bits per heavy atom. The molecule has 0 aromatic heterocycles. The molecule has 0 saturated carbocycles. The van der Waals surface area contributed by atoms with Crippen molar-refractivity contribution < 1.29 is 28.4 Å². The monoisotopic (exact) mass is 586 g/mol. The van der Waals surface area contributed by atoms with Crippen LogP contribution in [-0.4, -0.2) is 65.1 Å². The molecule has 0 N–H and O–H groups in total. The van der Waals surface area contributed by atoms with Crippen molar-refractivity contribution in [2.75, 3.05) is 52.9 Å². The van der Waals surface area contributed by atoms with Crippen LogP contribution in [0, 0.1) is 0 Å². The van der Waals surface area contributed by atoms with E-state index in [-0.39, 0.29) is 18.1 Å². The van der Waals surface area contributed by atoms with E-state index in [0.717, 1.165) is 24.7 Å². The molecule has 3 aromatic rings. The van der Waals surface area contributed by atoms with Crippen molar-refractivity contribution >= 4 is 6.08 Å². The average Bonchev–Trinajstić information content (AvgIpc) is 3.96. The molecule has 0 amide bonds. The fraction of sp³-hybridized carbons (Fsp3) is 0.405. The first kappa shape index (κ1) is 32.5. The second kappa shape index (κ2) is 17.6. The number of epoxide rings is 2. The summed E-state index contributed by atoms with van der Waals surface area (Å²) in [5.74, 6) is 1.73. The van der Waals surface area contributed by atoms with E-state index in [9.17, 15) is 0 Å². The Labute approximate surface area is 257 Å². The summed E-state index contributed by atoms with van der Waals surface area (Å²) in [5.41, 5.74) is 6.13. The van der Waals surface area contributed by atoms with Crippen molar-refractivity contribution in [1.82, 2.24) is 0 Å². The molecule has 2 aliphatic heterocycles. The minimum absolute atomic E-state index is 0.0589. The van der Waals surface area contributed by atoms with Crippen molar-refractivity contribution in [3.8, 4) is 11.5 Å². The SMILES string of the molecule is C/C=C\C.CC(C)=Cc1ccccc1C(c1ccc(OCCOCC2CO2)cc1)c1ccc(OCCOCC2CO2)cc1. The number of rotatable bonds is 16. The summed E-state index contributed by atoms with van der Waals surface area (Å²) in [5, 5.41) is 0. The lowest BCUT2D eigenvalue weighted by atomic mass is 9.82. The van der Waals surface area contributed by atoms with Gasteiger partial charge < -0.3 is 28.4 Å². The predicted octanol–water partition coefficient (Wildman–Crippen LogP) is 7.46. The average molecular weight is 587 g/mol. The molecule has 0 bridgehead atoms. The van der Waals surface area contributed by atoms with Gasteiger partial charge in [0, 0.05) is 5.92 Å². The van der Waals surface area contributed by atoms with Crippen LogP contribution in [0.2, 0.25) is 0 Å². The van der Waals surface area contributed by atoms with Gasteiger partial charge in [0.25, 0.3) is 0 Å². The topological polar surface area (TPSA) is 62.0 Å². The van der Waals surface area contributed by atoms with Gasteiger partial charge in [0.2, 0.25) is 0 Å². The first-order chi connectivity index (χ1) is 21.1. The van der Waals surface area contributed by atoms with E-state index in [1.165, 1.54) is 27.8 Å². The Morgan fingerprint density at radius 1 is 0.698 bits per heavy atom. The molecule has 0 radical (unpaired) electrons. The highest BCUT2D eigenvalue weighted by Crippen LogP contribution is 2.36. The van der Waals surface area contributed by atoms with E-state index in [1.807, 2.05) is 50.3 Å². The van der Waals surface area contributed by atoms with Gasteiger partial charge >= 0.3 is 0 Å². The summed E-state index contributed by atoms with van der Waals surface area (Å²) in [6.07, 6.45) is 6.80. The Bertz CT molecular complexity index is 1200. The van der Waals surface area contributed by atoms with Gasteiger partial charge in [0.15, 0.2) is 0 Å². The van der Waals surface area contributed by atoms with Crippen LogP contribution in [0.25, 0.3) is 6.08 Å². The third kappa shape index (κ3) is 11.6. The van der Waals surface area contributed by atoms with E-state index >= 15 is 0 Å². The minimum Gasteiger partial charge on any atom is -0.491 e. The molecular formula is C37H46O6. The maximum atomic E-state index is 5.91. The van der Waals surface area contributed by atoms with E-state index in [4.69, 9.17) is 28.4 Å². The zero-order valence-electron chi connectivity index (χ0n) is 26.0. The molecule has 2 saturated heterocycles. The molecule has 230 valence electrons. The van der Waals surface area contributed by atoms with Gasteiger partial charge in [-0.3, -0.25) is 0 Å². The van der Waals surface area contributed by atoms with Gasteiger partial charge in [-0.2, -0.15) is 0 Å². The number of benzene rings is 3. The first-order valence-electron chi connectivity index (χ1n) is 15.2. The molecule has 2 heterocycles. The van der Waals surface area contributed by atoms with Crippen LogP contribution < -0.4 is 9.47 Å². The quantitative estimate of drug-likeness (QED) is 0.0752. The molecule has 0 spiro atoms. The van der Waals surface area contributed by atoms with E-state index in [1.54, 1.807) is 0 Å². The summed E-state index contributed by atoms with van der Waals surface area (Å²) >= 11 is 0. The van der Waals surface area contributed by atoms with Gasteiger partial charge in [-0.15, -0.1) is 0 Å². The van der Waals surface area contributed by atoms with E-state index in [0.29, 0.717) is 39.6 Å². The molecule has 43 heavy (non-hydrogen) atoms. The second-order valence-electron chi connectivity index (χ2n) is 10.8. The third-order valence-electron chi connectivity index (χ3n) is 6.92. The molecular weight excluding hydrogens is 540 g/mol. The molecule has 5 rings (SSSR count). The molecule has 0 aliphatic carbocycles. The number of hydrogen-bond acceptors (Lipinski definition) is 6. The molecule has 2 fully saturated rings. The second-order valence-corrected chi connectivity index (χ2v) is 10.8. The Hall–Kier alpha value is -3.42. The fourth-order valence-corrected chi connectivity index (χ4v) is 4.48. The summed E-state index contributed by atoms with van der Waals surface area (Å²) in [7, 11) is 0. The fourth-order valence-electron chi connectivity index (χ4n) is 4.48. The van der Waals surface area contributed by atoms with Crippen LogP contribution in [-0.2, 0) is 18.9 Å². The lowest BCUT2D eigenvalue weighted by Crippen LogP contribution is -2.10. The maximum absolute atomic E-state index is 5.91. The van der Waals surface area contributed by atoms with Crippen molar-refractivity contribution in [2.45, 2.75) is 45.8 Å². The molecule has 2 atom stereocenters.